The van der Waals surface area contributed by atoms with Gasteiger partial charge in [-0.3, -0.25) is 9.69 Å². The zero-order chi connectivity index (χ0) is 20.9. The van der Waals surface area contributed by atoms with Gasteiger partial charge in [0.2, 0.25) is 17.6 Å². The Labute approximate surface area is 176 Å². The van der Waals surface area contributed by atoms with Crippen LogP contribution in [0.25, 0.3) is 11.4 Å². The van der Waals surface area contributed by atoms with Crippen molar-refractivity contribution in [1.82, 2.24) is 15.0 Å². The molecule has 156 valence electrons. The molecule has 1 aliphatic heterocycles. The first kappa shape index (κ1) is 20.1. The number of amides is 1. The van der Waals surface area contributed by atoms with Crippen LogP contribution in [0.4, 0.5) is 5.69 Å². The van der Waals surface area contributed by atoms with Gasteiger partial charge in [-0.25, -0.2) is 0 Å². The zero-order valence-corrected chi connectivity index (χ0v) is 17.3. The van der Waals surface area contributed by atoms with Crippen molar-refractivity contribution in [1.29, 1.82) is 0 Å². The summed E-state index contributed by atoms with van der Waals surface area (Å²) in [6, 6.07) is 15.4. The molecular formula is C23H26N4O3. The van der Waals surface area contributed by atoms with Crippen molar-refractivity contribution in [2.75, 3.05) is 25.5 Å². The lowest BCUT2D eigenvalue weighted by atomic mass is 9.97. The van der Waals surface area contributed by atoms with E-state index in [2.05, 4.69) is 20.4 Å². The fourth-order valence-electron chi connectivity index (χ4n) is 3.75. The highest BCUT2D eigenvalue weighted by atomic mass is 16.5. The minimum absolute atomic E-state index is 0.0526. The number of hydrogen-bond donors (Lipinski definition) is 1. The van der Waals surface area contributed by atoms with Crippen LogP contribution in [-0.2, 0) is 11.3 Å². The van der Waals surface area contributed by atoms with Crippen molar-refractivity contribution >= 4 is 11.6 Å². The van der Waals surface area contributed by atoms with E-state index in [4.69, 9.17) is 9.26 Å². The van der Waals surface area contributed by atoms with Gasteiger partial charge in [-0.05, 0) is 68.3 Å². The van der Waals surface area contributed by atoms with Crippen LogP contribution in [0.5, 0.6) is 5.75 Å². The monoisotopic (exact) mass is 406 g/mol. The largest absolute Gasteiger partial charge is 0.497 e. The fraction of sp³-hybridized carbons (Fsp3) is 0.348. The first-order valence-corrected chi connectivity index (χ1v) is 10.2. The number of likely N-dealkylation sites (tertiary alicyclic amines) is 1. The Morgan fingerprint density at radius 2 is 2.10 bits per heavy atom. The molecule has 1 fully saturated rings. The molecule has 3 aromatic rings. The van der Waals surface area contributed by atoms with Crippen LogP contribution in [0.15, 0.2) is 53.1 Å². The van der Waals surface area contributed by atoms with Crippen molar-refractivity contribution in [2.24, 2.45) is 5.92 Å². The van der Waals surface area contributed by atoms with Crippen molar-refractivity contribution in [2.45, 2.75) is 26.3 Å². The van der Waals surface area contributed by atoms with Gasteiger partial charge in [0.1, 0.15) is 5.75 Å². The van der Waals surface area contributed by atoms with Gasteiger partial charge in [-0.2, -0.15) is 4.98 Å². The van der Waals surface area contributed by atoms with Crippen LogP contribution in [0.1, 0.15) is 24.3 Å². The molecule has 1 aromatic heterocycles. The molecule has 0 aliphatic carbocycles. The number of aromatic nitrogens is 2. The number of nitrogens with zero attached hydrogens (tertiary/aromatic N) is 3. The predicted molar refractivity (Wildman–Crippen MR) is 114 cm³/mol. The van der Waals surface area contributed by atoms with Crippen LogP contribution in [-0.4, -0.2) is 41.1 Å². The Morgan fingerprint density at radius 1 is 1.27 bits per heavy atom. The van der Waals surface area contributed by atoms with Gasteiger partial charge in [0.15, 0.2) is 0 Å². The molecule has 2 heterocycles. The summed E-state index contributed by atoms with van der Waals surface area (Å²) in [5, 5.41) is 7.14. The highest BCUT2D eigenvalue weighted by Gasteiger charge is 2.27. The third kappa shape index (κ3) is 4.86. The van der Waals surface area contributed by atoms with E-state index in [1.807, 2.05) is 55.5 Å². The molecule has 7 heteroatoms. The van der Waals surface area contributed by atoms with E-state index in [0.717, 1.165) is 42.0 Å². The first-order chi connectivity index (χ1) is 14.6. The van der Waals surface area contributed by atoms with Crippen LogP contribution >= 0.6 is 0 Å². The topological polar surface area (TPSA) is 80.5 Å². The molecule has 4 rings (SSSR count). The molecule has 7 nitrogen and oxygen atoms in total. The molecule has 1 atom stereocenters. The summed E-state index contributed by atoms with van der Waals surface area (Å²) in [6.07, 6.45) is 1.85. The third-order valence-electron chi connectivity index (χ3n) is 5.34. The van der Waals surface area contributed by atoms with Gasteiger partial charge < -0.3 is 14.6 Å². The number of carbonyl (C=O) groups excluding carboxylic acids is 1. The van der Waals surface area contributed by atoms with Crippen LogP contribution in [0, 0.1) is 12.8 Å². The number of piperidine rings is 1. The van der Waals surface area contributed by atoms with Crippen molar-refractivity contribution < 1.29 is 14.1 Å². The molecule has 0 spiro atoms. The molecule has 1 saturated heterocycles. The molecule has 1 N–H and O–H groups in total. The maximum Gasteiger partial charge on any atom is 0.241 e. The summed E-state index contributed by atoms with van der Waals surface area (Å²) >= 11 is 0. The second kappa shape index (κ2) is 9.09. The third-order valence-corrected chi connectivity index (χ3v) is 5.34. The molecule has 0 saturated carbocycles. The molecule has 0 radical (unpaired) electrons. The summed E-state index contributed by atoms with van der Waals surface area (Å²) in [6.45, 7) is 4.15. The summed E-state index contributed by atoms with van der Waals surface area (Å²) in [5.74, 6) is 1.91. The van der Waals surface area contributed by atoms with Crippen LogP contribution in [0.2, 0.25) is 0 Å². The quantitative estimate of drug-likeness (QED) is 0.669. The standard InChI is InChI=1S/C23H26N4O3/c1-16-5-3-7-19(13-16)24-23(28)18-6-4-12-27(14-18)15-21-25-22(26-30-21)17-8-10-20(29-2)11-9-17/h3,5,7-11,13,18H,4,6,12,14-15H2,1-2H3,(H,24,28). The predicted octanol–water partition coefficient (Wildman–Crippen LogP) is 3.90. The summed E-state index contributed by atoms with van der Waals surface area (Å²) < 4.78 is 10.6. The minimum atomic E-state index is -0.0526. The minimum Gasteiger partial charge on any atom is -0.497 e. The van der Waals surface area contributed by atoms with E-state index in [-0.39, 0.29) is 11.8 Å². The number of hydrogen-bond acceptors (Lipinski definition) is 6. The van der Waals surface area contributed by atoms with E-state index in [1.54, 1.807) is 7.11 Å². The average Bonchev–Trinajstić information content (AvgIpc) is 3.22. The Hall–Kier alpha value is -3.19. The molecule has 1 unspecified atom stereocenters. The number of benzene rings is 2. The Balaban J connectivity index is 1.36. The number of anilines is 1. The normalized spacial score (nSPS) is 16.9. The van der Waals surface area contributed by atoms with E-state index in [9.17, 15) is 4.79 Å². The SMILES string of the molecule is COc1ccc(-c2noc(CN3CCCC(C(=O)Nc4cccc(C)c4)C3)n2)cc1. The van der Waals surface area contributed by atoms with Gasteiger partial charge in [-0.15, -0.1) is 0 Å². The lowest BCUT2D eigenvalue weighted by Crippen LogP contribution is -2.40. The lowest BCUT2D eigenvalue weighted by Gasteiger charge is -2.30. The number of methoxy groups -OCH3 is 1. The smallest absolute Gasteiger partial charge is 0.241 e. The van der Waals surface area contributed by atoms with Gasteiger partial charge >= 0.3 is 0 Å². The average molecular weight is 406 g/mol. The molecule has 0 bridgehead atoms. The second-order valence-electron chi connectivity index (χ2n) is 7.67. The molecule has 1 amide bonds. The van der Waals surface area contributed by atoms with E-state index < -0.39 is 0 Å². The van der Waals surface area contributed by atoms with Gasteiger partial charge in [0.25, 0.3) is 0 Å². The number of aryl methyl sites for hydroxylation is 1. The summed E-state index contributed by atoms with van der Waals surface area (Å²) in [4.78, 5) is 19.4. The second-order valence-corrected chi connectivity index (χ2v) is 7.67. The maximum atomic E-state index is 12.7. The van der Waals surface area contributed by atoms with E-state index >= 15 is 0 Å². The number of nitrogens with one attached hydrogen (secondary N) is 1. The molecule has 2 aromatic carbocycles. The van der Waals surface area contributed by atoms with Gasteiger partial charge in [-0.1, -0.05) is 17.3 Å². The lowest BCUT2D eigenvalue weighted by molar-refractivity contribution is -0.121. The zero-order valence-electron chi connectivity index (χ0n) is 17.3. The Kier molecular flexibility index (Phi) is 6.09. The molecule has 30 heavy (non-hydrogen) atoms. The number of ether oxygens (including phenoxy) is 1. The van der Waals surface area contributed by atoms with Crippen molar-refractivity contribution in [3.05, 3.63) is 60.0 Å². The van der Waals surface area contributed by atoms with Crippen LogP contribution in [0.3, 0.4) is 0 Å². The Morgan fingerprint density at radius 3 is 2.87 bits per heavy atom. The van der Waals surface area contributed by atoms with Gasteiger partial charge in [0.05, 0.1) is 19.6 Å². The Bertz CT molecular complexity index is 1000. The molecule has 1 aliphatic rings. The molecular weight excluding hydrogens is 380 g/mol. The summed E-state index contributed by atoms with van der Waals surface area (Å²) in [5.41, 5.74) is 2.85. The first-order valence-electron chi connectivity index (χ1n) is 10.2. The van der Waals surface area contributed by atoms with Crippen LogP contribution < -0.4 is 10.1 Å². The summed E-state index contributed by atoms with van der Waals surface area (Å²) in [7, 11) is 1.63. The highest BCUT2D eigenvalue weighted by molar-refractivity contribution is 5.92. The van der Waals surface area contributed by atoms with Crippen molar-refractivity contribution in [3.63, 3.8) is 0 Å². The number of carbonyl (C=O) groups is 1. The van der Waals surface area contributed by atoms with Crippen molar-refractivity contribution in [3.8, 4) is 17.1 Å². The van der Waals surface area contributed by atoms with E-state index in [1.165, 1.54) is 0 Å². The maximum absolute atomic E-state index is 12.7. The van der Waals surface area contributed by atoms with E-state index in [0.29, 0.717) is 24.8 Å². The van der Waals surface area contributed by atoms with Gasteiger partial charge in [0, 0.05) is 17.8 Å². The number of rotatable bonds is 6. The fourth-order valence-corrected chi connectivity index (χ4v) is 3.75. The highest BCUT2D eigenvalue weighted by Crippen LogP contribution is 2.23.